The molecule has 2 bridgehead atoms. The van der Waals surface area contributed by atoms with E-state index >= 15 is 0 Å². The second-order valence-corrected chi connectivity index (χ2v) is 11.5. The molecule has 3 aliphatic heterocycles. The number of aliphatic hydroxyl groups excluding tert-OH is 1. The lowest BCUT2D eigenvalue weighted by Gasteiger charge is -2.37. The van der Waals surface area contributed by atoms with Crippen LogP contribution in [0.4, 0.5) is 5.69 Å². The lowest BCUT2D eigenvalue weighted by atomic mass is 9.70. The fraction of sp³-hybridized carbons (Fsp3) is 0.536. The van der Waals surface area contributed by atoms with Gasteiger partial charge in [0.2, 0.25) is 5.91 Å². The predicted octanol–water partition coefficient (Wildman–Crippen LogP) is 3.89. The van der Waals surface area contributed by atoms with Crippen LogP contribution >= 0.6 is 27.5 Å². The average molecular weight is 610 g/mol. The molecule has 3 heterocycles. The lowest BCUT2D eigenvalue weighted by molar-refractivity contribution is -0.154. The summed E-state index contributed by atoms with van der Waals surface area (Å²) in [7, 11) is 0. The highest BCUT2D eigenvalue weighted by molar-refractivity contribution is 9.09. The van der Waals surface area contributed by atoms with E-state index in [1.165, 1.54) is 4.90 Å². The number of rotatable bonds is 13. The Bertz CT molecular complexity index is 1090. The molecule has 8 nitrogen and oxygen atoms in total. The Balaban J connectivity index is 1.74. The van der Waals surface area contributed by atoms with Crippen molar-refractivity contribution in [1.82, 2.24) is 4.90 Å². The van der Waals surface area contributed by atoms with Gasteiger partial charge in [0.15, 0.2) is 0 Å². The third-order valence-electron chi connectivity index (χ3n) is 7.64. The molecule has 2 amide bonds. The van der Waals surface area contributed by atoms with Crippen LogP contribution in [0, 0.1) is 11.8 Å². The smallest absolute Gasteiger partial charge is 0.312 e. The highest BCUT2D eigenvalue weighted by Crippen LogP contribution is 2.60. The van der Waals surface area contributed by atoms with Gasteiger partial charge in [0.05, 0.1) is 35.3 Å². The molecule has 1 N–H and O–H groups in total. The van der Waals surface area contributed by atoms with Crippen LogP contribution in [0.2, 0.25) is 5.02 Å². The van der Waals surface area contributed by atoms with Gasteiger partial charge in [-0.3, -0.25) is 14.4 Å². The number of likely N-dealkylation sites (tertiary alicyclic amines) is 1. The molecule has 0 aromatic heterocycles. The van der Waals surface area contributed by atoms with Crippen LogP contribution < -0.4 is 4.90 Å². The van der Waals surface area contributed by atoms with E-state index in [0.29, 0.717) is 49.4 Å². The van der Waals surface area contributed by atoms with Gasteiger partial charge in [-0.25, -0.2) is 0 Å². The monoisotopic (exact) mass is 608 g/mol. The number of unbranched alkanes of at least 4 members (excludes halogenated alkanes) is 2. The fourth-order valence-corrected chi connectivity index (χ4v) is 7.26. The number of hydrogen-bond acceptors (Lipinski definition) is 6. The Morgan fingerprint density at radius 2 is 2.03 bits per heavy atom. The molecule has 0 saturated carbocycles. The number of carbonyl (C=O) groups excluding carboxylic acids is 3. The molecule has 3 aliphatic rings. The third-order valence-corrected chi connectivity index (χ3v) is 8.80. The maximum atomic E-state index is 14.4. The molecular formula is C28H34BrClN2O6. The quantitative estimate of drug-likeness (QED) is 0.158. The molecular weight excluding hydrogens is 576 g/mol. The van der Waals surface area contributed by atoms with Gasteiger partial charge in [-0.15, -0.1) is 13.2 Å². The number of esters is 1. The van der Waals surface area contributed by atoms with Crippen LogP contribution in [0.5, 0.6) is 0 Å². The van der Waals surface area contributed by atoms with Crippen molar-refractivity contribution in [3.63, 3.8) is 0 Å². The topological polar surface area (TPSA) is 96.4 Å². The van der Waals surface area contributed by atoms with Crippen molar-refractivity contribution in [2.75, 3.05) is 31.2 Å². The maximum absolute atomic E-state index is 14.4. The molecule has 6 atom stereocenters. The summed E-state index contributed by atoms with van der Waals surface area (Å²) in [5.74, 6) is -2.77. The molecule has 4 rings (SSSR count). The zero-order valence-corrected chi connectivity index (χ0v) is 23.6. The van der Waals surface area contributed by atoms with E-state index in [1.54, 1.807) is 41.3 Å². The molecule has 3 unspecified atom stereocenters. The van der Waals surface area contributed by atoms with Crippen molar-refractivity contribution < 1.29 is 29.0 Å². The van der Waals surface area contributed by atoms with Crippen LogP contribution in [-0.4, -0.2) is 76.7 Å². The first kappa shape index (κ1) is 28.8. The van der Waals surface area contributed by atoms with Gasteiger partial charge in [-0.2, -0.15) is 0 Å². The summed E-state index contributed by atoms with van der Waals surface area (Å²) in [4.78, 5) is 44.6. The van der Waals surface area contributed by atoms with Crippen LogP contribution in [0.15, 0.2) is 49.6 Å². The van der Waals surface area contributed by atoms with Gasteiger partial charge in [-0.1, -0.05) is 51.8 Å². The first-order valence-corrected chi connectivity index (χ1v) is 14.3. The van der Waals surface area contributed by atoms with Gasteiger partial charge >= 0.3 is 5.97 Å². The number of alkyl halides is 1. The summed E-state index contributed by atoms with van der Waals surface area (Å²) in [5.41, 5.74) is -0.679. The number of ether oxygens (including phenoxy) is 2. The number of anilines is 1. The van der Waals surface area contributed by atoms with Crippen LogP contribution in [0.25, 0.3) is 0 Å². The molecule has 10 heteroatoms. The SMILES string of the molecule is C=CCCOC(=O)[C@H]1[C@@H]2OC3(CC2Br)C(C(=O)N(CC=C)c2ccccc2Cl)N(CCCCCO)C(=O)[C@H]13. The molecule has 38 heavy (non-hydrogen) atoms. The van der Waals surface area contributed by atoms with Gasteiger partial charge in [-0.05, 0) is 44.2 Å². The predicted molar refractivity (Wildman–Crippen MR) is 148 cm³/mol. The summed E-state index contributed by atoms with van der Waals surface area (Å²) in [5, 5.41) is 9.62. The number of amides is 2. The van der Waals surface area contributed by atoms with E-state index in [4.69, 9.17) is 21.1 Å². The van der Waals surface area contributed by atoms with Crippen molar-refractivity contribution in [2.45, 2.75) is 54.7 Å². The minimum atomic E-state index is -1.19. The van der Waals surface area contributed by atoms with E-state index < -0.39 is 35.6 Å². The van der Waals surface area contributed by atoms with E-state index in [1.807, 2.05) is 0 Å². The zero-order chi connectivity index (χ0) is 27.4. The van der Waals surface area contributed by atoms with Crippen LogP contribution in [-0.2, 0) is 23.9 Å². The van der Waals surface area contributed by atoms with Gasteiger partial charge in [0.1, 0.15) is 11.6 Å². The van der Waals surface area contributed by atoms with Crippen molar-refractivity contribution in [3.8, 4) is 0 Å². The van der Waals surface area contributed by atoms with Crippen molar-refractivity contribution in [2.24, 2.45) is 11.8 Å². The van der Waals surface area contributed by atoms with Crippen molar-refractivity contribution in [3.05, 3.63) is 54.6 Å². The van der Waals surface area contributed by atoms with Crippen molar-refractivity contribution in [1.29, 1.82) is 0 Å². The summed E-state index contributed by atoms with van der Waals surface area (Å²) in [6.07, 6.45) is 5.47. The standard InChI is InChI=1S/C28H34BrClN2O6/c1-3-5-16-37-27(36)21-22-25(34)32(14-9-6-10-15-33)24(28(22)17-18(29)23(21)38-28)26(35)31(13-4-2)20-12-8-7-11-19(20)30/h3-4,7-8,11-12,18,21-24,33H,1-2,5-6,9-10,13-17H2/t18?,21-,22+,23-,24?,28?/m1/s1. The van der Waals surface area contributed by atoms with Gasteiger partial charge in [0.25, 0.3) is 5.91 Å². The van der Waals surface area contributed by atoms with Gasteiger partial charge in [0, 0.05) is 24.5 Å². The molecule has 1 aromatic carbocycles. The molecule has 0 radical (unpaired) electrons. The number of para-hydroxylation sites is 1. The number of hydrogen-bond donors (Lipinski definition) is 1. The fourth-order valence-electron chi connectivity index (χ4n) is 6.08. The Hall–Kier alpha value is -2.20. The average Bonchev–Trinajstić information content (AvgIpc) is 3.49. The second kappa shape index (κ2) is 12.3. The summed E-state index contributed by atoms with van der Waals surface area (Å²) >= 11 is 10.1. The maximum Gasteiger partial charge on any atom is 0.312 e. The zero-order valence-electron chi connectivity index (χ0n) is 21.3. The third kappa shape index (κ3) is 5.06. The first-order chi connectivity index (χ1) is 18.3. The number of carbonyl (C=O) groups is 3. The molecule has 3 fully saturated rings. The Morgan fingerprint density at radius 3 is 2.71 bits per heavy atom. The number of benzene rings is 1. The summed E-state index contributed by atoms with van der Waals surface area (Å²) < 4.78 is 12.0. The second-order valence-electron chi connectivity index (χ2n) is 9.91. The van der Waals surface area contributed by atoms with Crippen molar-refractivity contribution >= 4 is 51.0 Å². The molecule has 1 aromatic rings. The van der Waals surface area contributed by atoms with Crippen LogP contribution in [0.3, 0.4) is 0 Å². The normalized spacial score (nSPS) is 29.3. The van der Waals surface area contributed by atoms with Gasteiger partial charge < -0.3 is 24.4 Å². The highest BCUT2D eigenvalue weighted by Gasteiger charge is 2.77. The largest absolute Gasteiger partial charge is 0.465 e. The lowest BCUT2D eigenvalue weighted by Crippen LogP contribution is -2.57. The Kier molecular flexibility index (Phi) is 9.34. The Labute approximate surface area is 236 Å². The molecule has 0 aliphatic carbocycles. The van der Waals surface area contributed by atoms with E-state index in [0.717, 1.165) is 0 Å². The number of nitrogens with zero attached hydrogens (tertiary/aromatic N) is 2. The number of fused-ring (bicyclic) bond motifs is 1. The minimum Gasteiger partial charge on any atom is -0.465 e. The Morgan fingerprint density at radius 1 is 1.26 bits per heavy atom. The van der Waals surface area contributed by atoms with E-state index in [9.17, 15) is 19.5 Å². The molecule has 1 spiro atoms. The minimum absolute atomic E-state index is 0.0527. The number of halogens is 2. The van der Waals surface area contributed by atoms with E-state index in [2.05, 4.69) is 29.1 Å². The summed E-state index contributed by atoms with van der Waals surface area (Å²) in [6, 6.07) is 6.07. The summed E-state index contributed by atoms with van der Waals surface area (Å²) in [6.45, 7) is 8.17. The van der Waals surface area contributed by atoms with Crippen LogP contribution in [0.1, 0.15) is 32.1 Å². The first-order valence-electron chi connectivity index (χ1n) is 13.0. The number of aliphatic hydroxyl groups is 1. The highest BCUT2D eigenvalue weighted by atomic mass is 79.9. The van der Waals surface area contributed by atoms with E-state index in [-0.39, 0.29) is 36.4 Å². The molecule has 3 saturated heterocycles. The molecule has 206 valence electrons.